The van der Waals surface area contributed by atoms with Crippen molar-refractivity contribution in [2.45, 2.75) is 45.7 Å². The van der Waals surface area contributed by atoms with Gasteiger partial charge in [-0.15, -0.1) is 0 Å². The number of ether oxygens (including phenoxy) is 1. The van der Waals surface area contributed by atoms with E-state index in [1.54, 1.807) is 0 Å². The van der Waals surface area contributed by atoms with Crippen LogP contribution in [-0.4, -0.2) is 51.6 Å². The number of aromatic amines is 1. The fourth-order valence-electron chi connectivity index (χ4n) is 3.11. The molecule has 0 radical (unpaired) electrons. The standard InChI is InChI=1S/C18H28N6O/c1-4-5-6-16-20-10-14(22-16)11-24-7-8-25-12-15(24)18-21-13(2)9-17(19-3)23-18/h9-10,15H,4-8,11-12H2,1-3H3,(H,20,22)(H,19,21,23)/t15-/m1/s1. The van der Waals surface area contributed by atoms with Gasteiger partial charge in [0, 0.05) is 50.2 Å². The van der Waals surface area contributed by atoms with Gasteiger partial charge in [-0.3, -0.25) is 4.90 Å². The molecule has 1 fully saturated rings. The molecular weight excluding hydrogens is 316 g/mol. The van der Waals surface area contributed by atoms with Gasteiger partial charge in [-0.25, -0.2) is 15.0 Å². The van der Waals surface area contributed by atoms with Crippen molar-refractivity contribution >= 4 is 5.82 Å². The Labute approximate surface area is 149 Å². The zero-order chi connectivity index (χ0) is 17.6. The summed E-state index contributed by atoms with van der Waals surface area (Å²) in [5.41, 5.74) is 2.10. The first-order valence-corrected chi connectivity index (χ1v) is 9.07. The molecule has 136 valence electrons. The fourth-order valence-corrected chi connectivity index (χ4v) is 3.11. The number of nitrogens with zero attached hydrogens (tertiary/aromatic N) is 4. The zero-order valence-corrected chi connectivity index (χ0v) is 15.4. The summed E-state index contributed by atoms with van der Waals surface area (Å²) in [4.78, 5) is 19.6. The summed E-state index contributed by atoms with van der Waals surface area (Å²) >= 11 is 0. The lowest BCUT2D eigenvalue weighted by atomic mass is 10.2. The number of hydrogen-bond acceptors (Lipinski definition) is 6. The van der Waals surface area contributed by atoms with Gasteiger partial charge in [0.15, 0.2) is 0 Å². The van der Waals surface area contributed by atoms with Gasteiger partial charge in [-0.2, -0.15) is 0 Å². The molecule has 0 aliphatic carbocycles. The second-order valence-corrected chi connectivity index (χ2v) is 6.52. The number of nitrogens with one attached hydrogen (secondary N) is 2. The predicted molar refractivity (Wildman–Crippen MR) is 97.5 cm³/mol. The Morgan fingerprint density at radius 2 is 2.28 bits per heavy atom. The summed E-state index contributed by atoms with van der Waals surface area (Å²) in [5.74, 6) is 2.73. The summed E-state index contributed by atoms with van der Waals surface area (Å²) in [5, 5.41) is 3.11. The number of aryl methyl sites for hydroxylation is 2. The van der Waals surface area contributed by atoms with E-state index in [2.05, 4.69) is 37.1 Å². The Morgan fingerprint density at radius 3 is 3.08 bits per heavy atom. The fraction of sp³-hybridized carbons (Fsp3) is 0.611. The molecule has 1 aliphatic heterocycles. The highest BCUT2D eigenvalue weighted by Gasteiger charge is 2.28. The molecule has 3 rings (SSSR count). The lowest BCUT2D eigenvalue weighted by Crippen LogP contribution is -2.40. The maximum absolute atomic E-state index is 5.71. The molecule has 0 bridgehead atoms. The molecule has 1 atom stereocenters. The predicted octanol–water partition coefficient (Wildman–Crippen LogP) is 2.47. The van der Waals surface area contributed by atoms with Gasteiger partial charge in [-0.1, -0.05) is 13.3 Å². The van der Waals surface area contributed by atoms with Crippen LogP contribution in [0.1, 0.15) is 48.8 Å². The minimum absolute atomic E-state index is 0.0585. The zero-order valence-electron chi connectivity index (χ0n) is 15.4. The van der Waals surface area contributed by atoms with Crippen LogP contribution in [0.3, 0.4) is 0 Å². The van der Waals surface area contributed by atoms with Crippen molar-refractivity contribution in [2.24, 2.45) is 0 Å². The summed E-state index contributed by atoms with van der Waals surface area (Å²) in [6, 6.07) is 2.01. The highest BCUT2D eigenvalue weighted by molar-refractivity contribution is 5.35. The molecule has 0 amide bonds. The van der Waals surface area contributed by atoms with Gasteiger partial charge < -0.3 is 15.0 Å². The Balaban J connectivity index is 1.75. The van der Waals surface area contributed by atoms with Gasteiger partial charge in [-0.05, 0) is 13.3 Å². The van der Waals surface area contributed by atoms with Crippen LogP contribution < -0.4 is 5.32 Å². The summed E-state index contributed by atoms with van der Waals surface area (Å²) in [6.45, 7) is 7.21. The number of imidazole rings is 1. The summed E-state index contributed by atoms with van der Waals surface area (Å²) < 4.78 is 5.71. The topological polar surface area (TPSA) is 79.0 Å². The second kappa shape index (κ2) is 8.40. The molecule has 7 heteroatoms. The maximum atomic E-state index is 5.71. The molecule has 25 heavy (non-hydrogen) atoms. The molecule has 3 heterocycles. The van der Waals surface area contributed by atoms with Crippen LogP contribution in [0.15, 0.2) is 12.3 Å². The van der Waals surface area contributed by atoms with E-state index < -0.39 is 0 Å². The van der Waals surface area contributed by atoms with Crippen LogP contribution in [0.2, 0.25) is 0 Å². The maximum Gasteiger partial charge on any atom is 0.150 e. The highest BCUT2D eigenvalue weighted by atomic mass is 16.5. The smallest absolute Gasteiger partial charge is 0.150 e. The van der Waals surface area contributed by atoms with E-state index in [1.165, 1.54) is 6.42 Å². The Kier molecular flexibility index (Phi) is 5.99. The molecule has 2 aromatic heterocycles. The summed E-state index contributed by atoms with van der Waals surface area (Å²) in [6.07, 6.45) is 5.31. The molecule has 2 aromatic rings. The first-order chi connectivity index (χ1) is 12.2. The third-order valence-corrected chi connectivity index (χ3v) is 4.49. The van der Waals surface area contributed by atoms with Gasteiger partial charge in [0.05, 0.1) is 19.3 Å². The van der Waals surface area contributed by atoms with Crippen molar-refractivity contribution in [3.63, 3.8) is 0 Å². The lowest BCUT2D eigenvalue weighted by Gasteiger charge is -2.34. The van der Waals surface area contributed by atoms with E-state index in [1.807, 2.05) is 26.2 Å². The van der Waals surface area contributed by atoms with Crippen LogP contribution in [0.4, 0.5) is 5.82 Å². The highest BCUT2D eigenvalue weighted by Crippen LogP contribution is 2.24. The Hall–Kier alpha value is -1.99. The molecule has 7 nitrogen and oxygen atoms in total. The van der Waals surface area contributed by atoms with E-state index in [4.69, 9.17) is 4.74 Å². The Bertz CT molecular complexity index is 686. The minimum atomic E-state index is 0.0585. The molecular formula is C18H28N6O. The van der Waals surface area contributed by atoms with Gasteiger partial charge in [0.1, 0.15) is 17.5 Å². The number of H-pyrrole nitrogens is 1. The molecule has 2 N–H and O–H groups in total. The minimum Gasteiger partial charge on any atom is -0.378 e. The van der Waals surface area contributed by atoms with Crippen molar-refractivity contribution in [1.29, 1.82) is 0 Å². The molecule has 0 saturated carbocycles. The Morgan fingerprint density at radius 1 is 1.40 bits per heavy atom. The number of aromatic nitrogens is 4. The van der Waals surface area contributed by atoms with Crippen molar-refractivity contribution in [3.8, 4) is 0 Å². The van der Waals surface area contributed by atoms with Crippen molar-refractivity contribution in [3.05, 3.63) is 35.3 Å². The molecule has 1 saturated heterocycles. The van der Waals surface area contributed by atoms with Crippen molar-refractivity contribution in [2.75, 3.05) is 32.1 Å². The van der Waals surface area contributed by atoms with Crippen molar-refractivity contribution < 1.29 is 4.74 Å². The number of hydrogen-bond donors (Lipinski definition) is 2. The second-order valence-electron chi connectivity index (χ2n) is 6.52. The lowest BCUT2D eigenvalue weighted by molar-refractivity contribution is -0.0164. The van der Waals surface area contributed by atoms with Crippen LogP contribution in [0, 0.1) is 6.92 Å². The van der Waals surface area contributed by atoms with Crippen LogP contribution in [0.5, 0.6) is 0 Å². The van der Waals surface area contributed by atoms with Crippen LogP contribution in [0.25, 0.3) is 0 Å². The third-order valence-electron chi connectivity index (χ3n) is 4.49. The molecule has 0 unspecified atom stereocenters. The van der Waals surface area contributed by atoms with E-state index in [9.17, 15) is 0 Å². The number of anilines is 1. The normalized spacial score (nSPS) is 18.4. The van der Waals surface area contributed by atoms with E-state index >= 15 is 0 Å². The third kappa shape index (κ3) is 4.55. The van der Waals surface area contributed by atoms with Gasteiger partial charge in [0.25, 0.3) is 0 Å². The average Bonchev–Trinajstić information content (AvgIpc) is 3.07. The quantitative estimate of drug-likeness (QED) is 0.803. The monoisotopic (exact) mass is 344 g/mol. The van der Waals surface area contributed by atoms with E-state index in [0.29, 0.717) is 6.61 Å². The number of unbranched alkanes of at least 4 members (excludes halogenated alkanes) is 1. The summed E-state index contributed by atoms with van der Waals surface area (Å²) in [7, 11) is 1.88. The van der Waals surface area contributed by atoms with E-state index in [-0.39, 0.29) is 6.04 Å². The number of morpholine rings is 1. The molecule has 1 aliphatic rings. The first-order valence-electron chi connectivity index (χ1n) is 9.07. The van der Waals surface area contributed by atoms with Gasteiger partial charge >= 0.3 is 0 Å². The largest absolute Gasteiger partial charge is 0.378 e. The van der Waals surface area contributed by atoms with Gasteiger partial charge in [0.2, 0.25) is 0 Å². The average molecular weight is 344 g/mol. The van der Waals surface area contributed by atoms with Crippen LogP contribution in [-0.2, 0) is 17.7 Å². The number of rotatable bonds is 7. The van der Waals surface area contributed by atoms with Crippen molar-refractivity contribution in [1.82, 2.24) is 24.8 Å². The molecule has 0 aromatic carbocycles. The van der Waals surface area contributed by atoms with E-state index in [0.717, 1.165) is 61.4 Å². The first kappa shape index (κ1) is 17.8. The van der Waals surface area contributed by atoms with Crippen LogP contribution >= 0.6 is 0 Å². The molecule has 0 spiro atoms. The SMILES string of the molecule is CCCCc1ncc(CN2CCOC[C@@H]2c2nc(C)cc(NC)n2)[nH]1.